The van der Waals surface area contributed by atoms with Crippen molar-refractivity contribution in [2.75, 3.05) is 53.2 Å². The van der Waals surface area contributed by atoms with Gasteiger partial charge in [0.25, 0.3) is 0 Å². The van der Waals surface area contributed by atoms with Gasteiger partial charge in [-0.25, -0.2) is 0 Å². The maximum Gasteiger partial charge on any atom is 0.203 e. The van der Waals surface area contributed by atoms with Crippen molar-refractivity contribution in [1.29, 1.82) is 0 Å². The molecule has 1 heterocycles. The Bertz CT molecular complexity index is 1170. The molecular formula is C29H35NO7S. The van der Waals surface area contributed by atoms with Gasteiger partial charge in [0.15, 0.2) is 23.0 Å². The smallest absolute Gasteiger partial charge is 0.203 e. The molecule has 0 spiro atoms. The topological polar surface area (TPSA) is 87.6 Å². The SMILES string of the molecule is CNc1cc(C2CCC(c3cc(OC)c(OC)c(OC)c3)O2)cc(OC)c1OCCSc1ccc(O)cc1. The van der Waals surface area contributed by atoms with Gasteiger partial charge in [-0.2, -0.15) is 0 Å². The Labute approximate surface area is 228 Å². The molecule has 0 aliphatic carbocycles. The maximum absolute atomic E-state index is 9.45. The number of aromatic hydroxyl groups is 1. The molecule has 1 saturated heterocycles. The summed E-state index contributed by atoms with van der Waals surface area (Å²) in [6.45, 7) is 0.499. The van der Waals surface area contributed by atoms with Gasteiger partial charge in [0.2, 0.25) is 5.75 Å². The largest absolute Gasteiger partial charge is 0.508 e. The number of ether oxygens (including phenoxy) is 6. The Morgan fingerprint density at radius 1 is 0.816 bits per heavy atom. The van der Waals surface area contributed by atoms with Crippen molar-refractivity contribution >= 4 is 17.4 Å². The van der Waals surface area contributed by atoms with Gasteiger partial charge in [-0.15, -0.1) is 11.8 Å². The standard InChI is InChI=1S/C29H35NO7S/c1-30-22-14-18(15-25(32-2)28(22)36-12-13-38-21-8-6-20(31)7-9-21)23-10-11-24(37-23)19-16-26(33-3)29(35-5)27(17-19)34-4/h6-9,14-17,23-24,30-31H,10-13H2,1-5H3. The van der Waals surface area contributed by atoms with Crippen molar-refractivity contribution in [3.05, 3.63) is 59.7 Å². The molecule has 1 fully saturated rings. The van der Waals surface area contributed by atoms with Gasteiger partial charge in [0.05, 0.1) is 52.9 Å². The van der Waals surface area contributed by atoms with E-state index in [0.717, 1.165) is 40.3 Å². The Morgan fingerprint density at radius 2 is 1.37 bits per heavy atom. The van der Waals surface area contributed by atoms with Crippen LogP contribution in [0.2, 0.25) is 0 Å². The van der Waals surface area contributed by atoms with Crippen molar-refractivity contribution < 1.29 is 33.5 Å². The number of anilines is 1. The maximum atomic E-state index is 9.45. The molecule has 3 aromatic rings. The normalized spacial score (nSPS) is 16.7. The molecule has 0 radical (unpaired) electrons. The molecule has 9 heteroatoms. The van der Waals surface area contributed by atoms with E-state index in [-0.39, 0.29) is 18.0 Å². The lowest BCUT2D eigenvalue weighted by Crippen LogP contribution is -2.07. The second-order valence-electron chi connectivity index (χ2n) is 8.69. The van der Waals surface area contributed by atoms with Gasteiger partial charge in [-0.3, -0.25) is 0 Å². The van der Waals surface area contributed by atoms with Crippen LogP contribution in [0.4, 0.5) is 5.69 Å². The Hall–Kier alpha value is -3.43. The molecule has 0 saturated carbocycles. The van der Waals surface area contributed by atoms with Crippen LogP contribution in [0.3, 0.4) is 0 Å². The minimum absolute atomic E-state index is 0.0980. The molecule has 2 N–H and O–H groups in total. The molecule has 2 atom stereocenters. The molecule has 0 aromatic heterocycles. The van der Waals surface area contributed by atoms with E-state index in [4.69, 9.17) is 28.4 Å². The fourth-order valence-electron chi connectivity index (χ4n) is 4.56. The van der Waals surface area contributed by atoms with Crippen LogP contribution in [0.15, 0.2) is 53.4 Å². The highest BCUT2D eigenvalue weighted by molar-refractivity contribution is 7.99. The molecule has 4 rings (SSSR count). The second kappa shape index (κ2) is 12.9. The Morgan fingerprint density at radius 3 is 1.89 bits per heavy atom. The first-order valence-corrected chi connectivity index (χ1v) is 13.4. The van der Waals surface area contributed by atoms with Gasteiger partial charge >= 0.3 is 0 Å². The first-order valence-electron chi connectivity index (χ1n) is 12.4. The summed E-state index contributed by atoms with van der Waals surface area (Å²) in [6, 6.07) is 15.1. The molecule has 3 aromatic carbocycles. The average Bonchev–Trinajstić information content (AvgIpc) is 3.45. The number of thioether (sulfide) groups is 1. The van der Waals surface area contributed by atoms with Gasteiger partial charge in [0, 0.05) is 17.7 Å². The molecular weight excluding hydrogens is 506 g/mol. The van der Waals surface area contributed by atoms with Gasteiger partial charge in [-0.05, 0) is 72.5 Å². The monoisotopic (exact) mass is 541 g/mol. The molecule has 38 heavy (non-hydrogen) atoms. The van der Waals surface area contributed by atoms with E-state index in [9.17, 15) is 5.11 Å². The van der Waals surface area contributed by atoms with Crippen molar-refractivity contribution in [3.63, 3.8) is 0 Å². The summed E-state index contributed by atoms with van der Waals surface area (Å²) >= 11 is 1.66. The van der Waals surface area contributed by atoms with Crippen molar-refractivity contribution in [2.24, 2.45) is 0 Å². The van der Waals surface area contributed by atoms with E-state index in [0.29, 0.717) is 35.4 Å². The summed E-state index contributed by atoms with van der Waals surface area (Å²) in [7, 11) is 8.33. The fourth-order valence-corrected chi connectivity index (χ4v) is 5.29. The number of benzene rings is 3. The number of phenolic OH excluding ortho intramolecular Hbond substituents is 1. The predicted octanol–water partition coefficient (Wildman–Crippen LogP) is 6.23. The van der Waals surface area contributed by atoms with Crippen molar-refractivity contribution in [2.45, 2.75) is 29.9 Å². The molecule has 2 unspecified atom stereocenters. The number of hydrogen-bond acceptors (Lipinski definition) is 9. The second-order valence-corrected chi connectivity index (χ2v) is 9.86. The lowest BCUT2D eigenvalue weighted by molar-refractivity contribution is 0.0437. The first kappa shape index (κ1) is 27.6. The highest BCUT2D eigenvalue weighted by atomic mass is 32.2. The molecule has 1 aliphatic heterocycles. The van der Waals surface area contributed by atoms with E-state index in [1.165, 1.54) is 0 Å². The van der Waals surface area contributed by atoms with Crippen molar-refractivity contribution in [3.8, 4) is 34.5 Å². The van der Waals surface area contributed by atoms with Gasteiger partial charge in [0.1, 0.15) is 5.75 Å². The highest BCUT2D eigenvalue weighted by Crippen LogP contribution is 2.48. The van der Waals surface area contributed by atoms with Crippen LogP contribution in [-0.4, -0.2) is 53.0 Å². The zero-order valence-corrected chi connectivity index (χ0v) is 23.2. The van der Waals surface area contributed by atoms with Crippen LogP contribution in [0.25, 0.3) is 0 Å². The first-order chi connectivity index (χ1) is 18.5. The summed E-state index contributed by atoms with van der Waals surface area (Å²) in [4.78, 5) is 1.07. The summed E-state index contributed by atoms with van der Waals surface area (Å²) in [5, 5.41) is 12.7. The number of methoxy groups -OCH3 is 4. The van der Waals surface area contributed by atoms with E-state index in [1.807, 2.05) is 37.4 Å². The van der Waals surface area contributed by atoms with Crippen LogP contribution < -0.4 is 29.0 Å². The third kappa shape index (κ3) is 6.16. The zero-order chi connectivity index (χ0) is 27.1. The van der Waals surface area contributed by atoms with Crippen LogP contribution in [0.1, 0.15) is 36.2 Å². The molecule has 0 bridgehead atoms. The van der Waals surface area contributed by atoms with Crippen LogP contribution in [0, 0.1) is 0 Å². The van der Waals surface area contributed by atoms with Crippen LogP contribution in [0.5, 0.6) is 34.5 Å². The summed E-state index contributed by atoms with van der Waals surface area (Å²) < 4.78 is 34.9. The molecule has 8 nitrogen and oxygen atoms in total. The van der Waals surface area contributed by atoms with E-state index < -0.39 is 0 Å². The Kier molecular flexibility index (Phi) is 9.36. The van der Waals surface area contributed by atoms with Crippen LogP contribution >= 0.6 is 11.8 Å². The molecule has 1 aliphatic rings. The minimum atomic E-state index is -0.106. The summed E-state index contributed by atoms with van der Waals surface area (Å²) in [5.41, 5.74) is 2.84. The third-order valence-electron chi connectivity index (χ3n) is 6.45. The van der Waals surface area contributed by atoms with E-state index >= 15 is 0 Å². The lowest BCUT2D eigenvalue weighted by atomic mass is 10.0. The van der Waals surface area contributed by atoms with Crippen molar-refractivity contribution in [1.82, 2.24) is 0 Å². The summed E-state index contributed by atoms with van der Waals surface area (Å²) in [5.74, 6) is 4.12. The minimum Gasteiger partial charge on any atom is -0.508 e. The van der Waals surface area contributed by atoms with Gasteiger partial charge < -0.3 is 38.8 Å². The number of nitrogens with one attached hydrogen (secondary N) is 1. The molecule has 0 amide bonds. The predicted molar refractivity (Wildman–Crippen MR) is 149 cm³/mol. The average molecular weight is 542 g/mol. The third-order valence-corrected chi connectivity index (χ3v) is 7.43. The molecule has 204 valence electrons. The summed E-state index contributed by atoms with van der Waals surface area (Å²) in [6.07, 6.45) is 1.51. The fraction of sp³-hybridized carbons (Fsp3) is 0.379. The highest BCUT2D eigenvalue weighted by Gasteiger charge is 2.31. The number of rotatable bonds is 12. The Balaban J connectivity index is 1.46. The quantitative estimate of drug-likeness (QED) is 0.205. The van der Waals surface area contributed by atoms with E-state index in [2.05, 4.69) is 11.4 Å². The number of phenols is 1. The lowest BCUT2D eigenvalue weighted by Gasteiger charge is -2.20. The van der Waals surface area contributed by atoms with Gasteiger partial charge in [-0.1, -0.05) is 0 Å². The zero-order valence-electron chi connectivity index (χ0n) is 22.4. The number of hydrogen-bond donors (Lipinski definition) is 2. The van der Waals surface area contributed by atoms with E-state index in [1.54, 1.807) is 52.3 Å². The van der Waals surface area contributed by atoms with Crippen LogP contribution in [-0.2, 0) is 4.74 Å².